The second-order valence-corrected chi connectivity index (χ2v) is 10.4. The molecule has 1 saturated carbocycles. The van der Waals surface area contributed by atoms with Gasteiger partial charge in [-0.25, -0.2) is 27.5 Å². The van der Waals surface area contributed by atoms with Gasteiger partial charge in [-0.05, 0) is 32.3 Å². The molecule has 1 aliphatic heterocycles. The Bertz CT molecular complexity index is 1120. The topological polar surface area (TPSA) is 87.2 Å². The van der Waals surface area contributed by atoms with Crippen LogP contribution in [0.2, 0.25) is 0 Å². The third kappa shape index (κ3) is 5.63. The molecular formula is C24H29F4N5O2S. The SMILES string of the molecule is CCCNc1cc(C(F)F)c(-c2sc(C(=O)NC3CCCC3)nc2C(=O)N2CC(F)(F)CC2C)cn1. The van der Waals surface area contributed by atoms with Crippen LogP contribution in [0.4, 0.5) is 23.4 Å². The van der Waals surface area contributed by atoms with E-state index in [1.54, 1.807) is 0 Å². The Morgan fingerprint density at radius 3 is 2.61 bits per heavy atom. The molecule has 3 heterocycles. The van der Waals surface area contributed by atoms with Crippen LogP contribution in [0.1, 0.15) is 84.7 Å². The van der Waals surface area contributed by atoms with Gasteiger partial charge in [-0.3, -0.25) is 9.59 Å². The first kappa shape index (κ1) is 26.3. The van der Waals surface area contributed by atoms with E-state index in [2.05, 4.69) is 20.6 Å². The Balaban J connectivity index is 1.76. The third-order valence-electron chi connectivity index (χ3n) is 6.47. The molecule has 2 aromatic heterocycles. The van der Waals surface area contributed by atoms with Crippen molar-refractivity contribution in [3.8, 4) is 10.4 Å². The molecule has 2 amide bonds. The van der Waals surface area contributed by atoms with Crippen molar-refractivity contribution in [2.24, 2.45) is 0 Å². The number of hydrogen-bond donors (Lipinski definition) is 2. The molecule has 0 aromatic carbocycles. The fourth-order valence-electron chi connectivity index (χ4n) is 4.67. The van der Waals surface area contributed by atoms with Crippen molar-refractivity contribution in [1.82, 2.24) is 20.2 Å². The summed E-state index contributed by atoms with van der Waals surface area (Å²) in [4.78, 5) is 35.7. The zero-order valence-electron chi connectivity index (χ0n) is 20.1. The van der Waals surface area contributed by atoms with Crippen LogP contribution in [-0.2, 0) is 0 Å². The molecule has 2 N–H and O–H groups in total. The summed E-state index contributed by atoms with van der Waals surface area (Å²) in [7, 11) is 0. The fourth-order valence-corrected chi connectivity index (χ4v) is 5.67. The maximum Gasteiger partial charge on any atom is 0.280 e. The molecule has 1 aliphatic carbocycles. The van der Waals surface area contributed by atoms with Crippen molar-refractivity contribution < 1.29 is 27.2 Å². The smallest absolute Gasteiger partial charge is 0.280 e. The van der Waals surface area contributed by atoms with E-state index in [0.717, 1.165) is 48.3 Å². The predicted molar refractivity (Wildman–Crippen MR) is 129 cm³/mol. The van der Waals surface area contributed by atoms with Gasteiger partial charge in [0, 0.05) is 42.4 Å². The van der Waals surface area contributed by atoms with E-state index in [1.165, 1.54) is 19.2 Å². The van der Waals surface area contributed by atoms with E-state index in [0.29, 0.717) is 6.54 Å². The van der Waals surface area contributed by atoms with Gasteiger partial charge < -0.3 is 15.5 Å². The number of aromatic nitrogens is 2. The van der Waals surface area contributed by atoms with Gasteiger partial charge in [0.25, 0.3) is 24.2 Å². The minimum Gasteiger partial charge on any atom is -0.370 e. The number of hydrogen-bond acceptors (Lipinski definition) is 6. The second-order valence-electron chi connectivity index (χ2n) is 9.38. The number of amides is 2. The summed E-state index contributed by atoms with van der Waals surface area (Å²) < 4.78 is 56.3. The van der Waals surface area contributed by atoms with Crippen LogP contribution in [0.15, 0.2) is 12.3 Å². The first-order valence-electron chi connectivity index (χ1n) is 12.1. The maximum absolute atomic E-state index is 14.1. The average Bonchev–Trinajstić information content (AvgIpc) is 3.55. The van der Waals surface area contributed by atoms with Crippen LogP contribution in [0.5, 0.6) is 0 Å². The number of nitrogens with zero attached hydrogens (tertiary/aromatic N) is 3. The lowest BCUT2D eigenvalue weighted by molar-refractivity contribution is 0.0118. The van der Waals surface area contributed by atoms with E-state index < -0.39 is 43.2 Å². The predicted octanol–water partition coefficient (Wildman–Crippen LogP) is 5.51. The molecule has 0 spiro atoms. The molecule has 1 unspecified atom stereocenters. The lowest BCUT2D eigenvalue weighted by Crippen LogP contribution is -2.36. The summed E-state index contributed by atoms with van der Waals surface area (Å²) in [6, 6.07) is 0.406. The van der Waals surface area contributed by atoms with Crippen molar-refractivity contribution in [2.75, 3.05) is 18.4 Å². The molecule has 0 bridgehead atoms. The van der Waals surface area contributed by atoms with Crippen LogP contribution in [0, 0.1) is 0 Å². The van der Waals surface area contributed by atoms with Crippen LogP contribution in [0.25, 0.3) is 10.4 Å². The Kier molecular flexibility index (Phi) is 7.82. The molecule has 2 fully saturated rings. The van der Waals surface area contributed by atoms with Crippen LogP contribution >= 0.6 is 11.3 Å². The Morgan fingerprint density at radius 1 is 1.28 bits per heavy atom. The summed E-state index contributed by atoms with van der Waals surface area (Å²) in [6.07, 6.45) is 2.18. The van der Waals surface area contributed by atoms with E-state index in [9.17, 15) is 27.2 Å². The van der Waals surface area contributed by atoms with Crippen molar-refractivity contribution in [2.45, 2.75) is 76.8 Å². The van der Waals surface area contributed by atoms with Crippen molar-refractivity contribution in [1.29, 1.82) is 0 Å². The third-order valence-corrected chi connectivity index (χ3v) is 7.56. The van der Waals surface area contributed by atoms with Gasteiger partial charge in [0.15, 0.2) is 5.01 Å². The largest absolute Gasteiger partial charge is 0.370 e. The standard InChI is InChI=1S/C24H29F4N5O2S/c1-3-8-29-17-9-15(20(25)26)16(11-30-17)19-18(23(35)33-12-24(27,28)10-13(33)2)32-22(36-19)21(34)31-14-6-4-5-7-14/h9,11,13-14,20H,3-8,10,12H2,1-2H3,(H,29,30)(H,31,34). The number of likely N-dealkylation sites (tertiary alicyclic amines) is 1. The maximum atomic E-state index is 14.1. The summed E-state index contributed by atoms with van der Waals surface area (Å²) >= 11 is 0.796. The first-order chi connectivity index (χ1) is 17.1. The van der Waals surface area contributed by atoms with Crippen molar-refractivity contribution in [3.63, 3.8) is 0 Å². The van der Waals surface area contributed by atoms with Crippen molar-refractivity contribution in [3.05, 3.63) is 28.5 Å². The molecule has 1 atom stereocenters. The number of carbonyl (C=O) groups is 2. The van der Waals surface area contributed by atoms with Crippen molar-refractivity contribution >= 4 is 29.0 Å². The fraction of sp³-hybridized carbons (Fsp3) is 0.583. The number of halogens is 4. The molecule has 196 valence electrons. The van der Waals surface area contributed by atoms with E-state index >= 15 is 0 Å². The quantitative estimate of drug-likeness (QED) is 0.443. The summed E-state index contributed by atoms with van der Waals surface area (Å²) in [6.45, 7) is 3.16. The highest BCUT2D eigenvalue weighted by molar-refractivity contribution is 7.17. The number of carbonyl (C=O) groups excluding carboxylic acids is 2. The molecule has 1 saturated heterocycles. The minimum absolute atomic E-state index is 0.0174. The lowest BCUT2D eigenvalue weighted by Gasteiger charge is -2.20. The first-order valence-corrected chi connectivity index (χ1v) is 12.9. The van der Waals surface area contributed by atoms with Gasteiger partial charge in [-0.1, -0.05) is 19.8 Å². The minimum atomic E-state index is -3.06. The molecule has 36 heavy (non-hydrogen) atoms. The Hall–Kier alpha value is -2.76. The normalized spacial score (nSPS) is 19.8. The zero-order valence-corrected chi connectivity index (χ0v) is 20.9. The lowest BCUT2D eigenvalue weighted by atomic mass is 10.1. The van der Waals surface area contributed by atoms with Crippen LogP contribution in [-0.4, -0.2) is 57.8 Å². The molecule has 2 aromatic rings. The zero-order chi connectivity index (χ0) is 26.0. The molecule has 0 radical (unpaired) electrons. The molecule has 4 rings (SSSR count). The number of alkyl halides is 4. The monoisotopic (exact) mass is 527 g/mol. The summed E-state index contributed by atoms with van der Waals surface area (Å²) in [5.41, 5.74) is -0.727. The second kappa shape index (κ2) is 10.7. The van der Waals surface area contributed by atoms with Gasteiger partial charge in [-0.15, -0.1) is 11.3 Å². The summed E-state index contributed by atoms with van der Waals surface area (Å²) in [5, 5.41) is 5.75. The van der Waals surface area contributed by atoms with Gasteiger partial charge in [0.1, 0.15) is 11.5 Å². The molecular weight excluding hydrogens is 498 g/mol. The van der Waals surface area contributed by atoms with Gasteiger partial charge in [-0.2, -0.15) is 0 Å². The van der Waals surface area contributed by atoms with Gasteiger partial charge in [0.2, 0.25) is 0 Å². The number of thiazole rings is 1. The highest BCUT2D eigenvalue weighted by atomic mass is 32.1. The average molecular weight is 528 g/mol. The van der Waals surface area contributed by atoms with Gasteiger partial charge in [0.05, 0.1) is 11.4 Å². The Morgan fingerprint density at radius 2 is 2.00 bits per heavy atom. The highest BCUT2D eigenvalue weighted by Crippen LogP contribution is 2.40. The van der Waals surface area contributed by atoms with Crippen LogP contribution < -0.4 is 10.6 Å². The number of nitrogens with one attached hydrogen (secondary N) is 2. The highest BCUT2D eigenvalue weighted by Gasteiger charge is 2.46. The van der Waals surface area contributed by atoms with E-state index in [1.807, 2.05) is 6.92 Å². The molecule has 12 heteroatoms. The number of pyridine rings is 1. The van der Waals surface area contributed by atoms with Crippen LogP contribution in [0.3, 0.4) is 0 Å². The number of rotatable bonds is 8. The number of anilines is 1. The summed E-state index contributed by atoms with van der Waals surface area (Å²) in [5.74, 6) is -4.14. The molecule has 2 aliphatic rings. The van der Waals surface area contributed by atoms with E-state index in [4.69, 9.17) is 0 Å². The van der Waals surface area contributed by atoms with Gasteiger partial charge >= 0.3 is 0 Å². The Labute approximate surface area is 210 Å². The molecule has 7 nitrogen and oxygen atoms in total. The van der Waals surface area contributed by atoms with E-state index in [-0.39, 0.29) is 38.6 Å².